The number of hydrogen-bond acceptors (Lipinski definition) is 5. The fourth-order valence-electron chi connectivity index (χ4n) is 3.79. The fourth-order valence-corrected chi connectivity index (χ4v) is 3.79. The molecule has 2 aliphatic rings. The molecule has 0 saturated carbocycles. The summed E-state index contributed by atoms with van der Waals surface area (Å²) in [6.07, 6.45) is 0.613. The number of amides is 1. The number of ether oxygens (including phenoxy) is 1. The molecule has 2 saturated heterocycles. The molecule has 0 aliphatic carbocycles. The normalized spacial score (nSPS) is 25.0. The van der Waals surface area contributed by atoms with Crippen molar-refractivity contribution < 1.29 is 14.6 Å². The van der Waals surface area contributed by atoms with Gasteiger partial charge in [0.15, 0.2) is 0 Å². The SMILES string of the molecule is Cc1nc2ccc(C(=O)N3CC[C@](O)(CN4CCOCC4)C3)cc2[nH]1. The van der Waals surface area contributed by atoms with E-state index in [0.717, 1.165) is 29.9 Å². The molecule has 4 rings (SSSR count). The number of nitrogens with one attached hydrogen (secondary N) is 1. The number of fused-ring (bicyclic) bond motifs is 1. The third-order valence-corrected chi connectivity index (χ3v) is 5.09. The van der Waals surface area contributed by atoms with E-state index < -0.39 is 5.60 Å². The predicted molar refractivity (Wildman–Crippen MR) is 93.6 cm³/mol. The zero-order chi connectivity index (χ0) is 17.4. The van der Waals surface area contributed by atoms with E-state index in [9.17, 15) is 9.90 Å². The van der Waals surface area contributed by atoms with Crippen LogP contribution in [0.4, 0.5) is 0 Å². The van der Waals surface area contributed by atoms with Gasteiger partial charge in [-0.2, -0.15) is 0 Å². The van der Waals surface area contributed by atoms with Gasteiger partial charge in [0.25, 0.3) is 5.91 Å². The number of aromatic amines is 1. The van der Waals surface area contributed by atoms with E-state index >= 15 is 0 Å². The predicted octanol–water partition coefficient (Wildman–Crippen LogP) is 0.781. The molecule has 25 heavy (non-hydrogen) atoms. The first-order valence-electron chi connectivity index (χ1n) is 8.81. The van der Waals surface area contributed by atoms with Crippen molar-refractivity contribution in [3.8, 4) is 0 Å². The minimum Gasteiger partial charge on any atom is -0.387 e. The van der Waals surface area contributed by atoms with E-state index in [0.29, 0.717) is 44.8 Å². The lowest BCUT2D eigenvalue weighted by atomic mass is 10.0. The molecule has 1 aromatic carbocycles. The summed E-state index contributed by atoms with van der Waals surface area (Å²) in [6.45, 7) is 6.55. The molecule has 2 aromatic rings. The number of morpholine rings is 1. The topological polar surface area (TPSA) is 81.7 Å². The summed E-state index contributed by atoms with van der Waals surface area (Å²) in [5.74, 6) is 0.799. The summed E-state index contributed by atoms with van der Waals surface area (Å²) in [7, 11) is 0. The smallest absolute Gasteiger partial charge is 0.254 e. The van der Waals surface area contributed by atoms with Gasteiger partial charge in [-0.15, -0.1) is 0 Å². The van der Waals surface area contributed by atoms with E-state index in [1.807, 2.05) is 25.1 Å². The molecule has 0 bridgehead atoms. The standard InChI is InChI=1S/C18H24N4O3/c1-13-19-15-3-2-14(10-16(15)20-13)17(23)22-5-4-18(24,12-22)11-21-6-8-25-9-7-21/h2-3,10,24H,4-9,11-12H2,1H3,(H,19,20)/t18-/m0/s1. The molecule has 1 atom stereocenters. The van der Waals surface area contributed by atoms with Crippen molar-refractivity contribution in [2.75, 3.05) is 45.9 Å². The molecule has 3 heterocycles. The summed E-state index contributed by atoms with van der Waals surface area (Å²) in [4.78, 5) is 24.3. The van der Waals surface area contributed by atoms with Crippen molar-refractivity contribution >= 4 is 16.9 Å². The number of carbonyl (C=O) groups excluding carboxylic acids is 1. The van der Waals surface area contributed by atoms with Gasteiger partial charge in [-0.25, -0.2) is 4.98 Å². The van der Waals surface area contributed by atoms with Crippen LogP contribution in [-0.4, -0.2) is 82.3 Å². The number of hydrogen-bond donors (Lipinski definition) is 2. The number of aryl methyl sites for hydroxylation is 1. The Labute approximate surface area is 146 Å². The van der Waals surface area contributed by atoms with Crippen molar-refractivity contribution in [3.63, 3.8) is 0 Å². The number of nitrogens with zero attached hydrogens (tertiary/aromatic N) is 3. The molecule has 134 valence electrons. The third kappa shape index (κ3) is 3.40. The Kier molecular flexibility index (Phi) is 4.23. The van der Waals surface area contributed by atoms with Gasteiger partial charge < -0.3 is 19.7 Å². The Balaban J connectivity index is 1.45. The first kappa shape index (κ1) is 16.5. The van der Waals surface area contributed by atoms with Gasteiger partial charge in [-0.05, 0) is 31.5 Å². The third-order valence-electron chi connectivity index (χ3n) is 5.09. The molecule has 2 fully saturated rings. The molecule has 1 amide bonds. The summed E-state index contributed by atoms with van der Waals surface area (Å²) in [6, 6.07) is 5.52. The van der Waals surface area contributed by atoms with Gasteiger partial charge in [0.2, 0.25) is 0 Å². The highest BCUT2D eigenvalue weighted by Crippen LogP contribution is 2.25. The Morgan fingerprint density at radius 3 is 2.96 bits per heavy atom. The van der Waals surface area contributed by atoms with E-state index in [2.05, 4.69) is 14.9 Å². The van der Waals surface area contributed by atoms with Crippen LogP contribution in [0.1, 0.15) is 22.6 Å². The van der Waals surface area contributed by atoms with Crippen LogP contribution in [0, 0.1) is 6.92 Å². The lowest BCUT2D eigenvalue weighted by Gasteiger charge is -2.33. The second-order valence-corrected chi connectivity index (χ2v) is 7.14. The van der Waals surface area contributed by atoms with E-state index in [1.165, 1.54) is 0 Å². The summed E-state index contributed by atoms with van der Waals surface area (Å²) in [5, 5.41) is 10.9. The van der Waals surface area contributed by atoms with Gasteiger partial charge in [-0.3, -0.25) is 9.69 Å². The zero-order valence-corrected chi connectivity index (χ0v) is 14.5. The highest BCUT2D eigenvalue weighted by Gasteiger charge is 2.39. The van der Waals surface area contributed by atoms with Crippen LogP contribution in [0.5, 0.6) is 0 Å². The number of H-pyrrole nitrogens is 1. The number of aromatic nitrogens is 2. The second kappa shape index (κ2) is 6.40. The van der Waals surface area contributed by atoms with Crippen molar-refractivity contribution in [1.29, 1.82) is 0 Å². The first-order valence-corrected chi connectivity index (χ1v) is 8.81. The average Bonchev–Trinajstić information content (AvgIpc) is 3.16. The Hall–Kier alpha value is -1.96. The summed E-state index contributed by atoms with van der Waals surface area (Å²) >= 11 is 0. The van der Waals surface area contributed by atoms with Crippen molar-refractivity contribution in [1.82, 2.24) is 19.8 Å². The number of imidazole rings is 1. The minimum atomic E-state index is -0.832. The maximum Gasteiger partial charge on any atom is 0.254 e. The van der Waals surface area contributed by atoms with Crippen molar-refractivity contribution in [3.05, 3.63) is 29.6 Å². The van der Waals surface area contributed by atoms with Crippen LogP contribution in [0.25, 0.3) is 11.0 Å². The van der Waals surface area contributed by atoms with Gasteiger partial charge in [0, 0.05) is 31.7 Å². The average molecular weight is 344 g/mol. The number of β-amino-alcohol motifs (C(OH)–C–C–N with tert-alkyl or cyclic N) is 1. The van der Waals surface area contributed by atoms with Crippen LogP contribution in [-0.2, 0) is 4.74 Å². The van der Waals surface area contributed by atoms with Crippen molar-refractivity contribution in [2.24, 2.45) is 0 Å². The maximum absolute atomic E-state index is 12.8. The number of likely N-dealkylation sites (tertiary alicyclic amines) is 1. The lowest BCUT2D eigenvalue weighted by molar-refractivity contribution is -0.0257. The Morgan fingerprint density at radius 2 is 2.16 bits per heavy atom. The monoisotopic (exact) mass is 344 g/mol. The molecular weight excluding hydrogens is 320 g/mol. The molecule has 2 N–H and O–H groups in total. The molecule has 1 aromatic heterocycles. The Morgan fingerprint density at radius 1 is 1.36 bits per heavy atom. The van der Waals surface area contributed by atoms with E-state index in [1.54, 1.807) is 4.90 Å². The van der Waals surface area contributed by atoms with Crippen LogP contribution in [0.15, 0.2) is 18.2 Å². The molecule has 0 spiro atoms. The van der Waals surface area contributed by atoms with E-state index in [-0.39, 0.29) is 5.91 Å². The van der Waals surface area contributed by atoms with Gasteiger partial charge in [0.1, 0.15) is 5.82 Å². The molecular formula is C18H24N4O3. The van der Waals surface area contributed by atoms with Crippen molar-refractivity contribution in [2.45, 2.75) is 18.9 Å². The highest BCUT2D eigenvalue weighted by atomic mass is 16.5. The largest absolute Gasteiger partial charge is 0.387 e. The fraction of sp³-hybridized carbons (Fsp3) is 0.556. The van der Waals surface area contributed by atoms with Gasteiger partial charge >= 0.3 is 0 Å². The summed E-state index contributed by atoms with van der Waals surface area (Å²) in [5.41, 5.74) is 1.53. The number of carbonyl (C=O) groups is 1. The van der Waals surface area contributed by atoms with E-state index in [4.69, 9.17) is 4.74 Å². The number of benzene rings is 1. The lowest BCUT2D eigenvalue weighted by Crippen LogP contribution is -2.49. The van der Waals surface area contributed by atoms with Gasteiger partial charge in [-0.1, -0.05) is 0 Å². The molecule has 7 nitrogen and oxygen atoms in total. The number of rotatable bonds is 3. The molecule has 0 unspecified atom stereocenters. The molecule has 0 radical (unpaired) electrons. The van der Waals surface area contributed by atoms with Crippen LogP contribution in [0.2, 0.25) is 0 Å². The highest BCUT2D eigenvalue weighted by molar-refractivity contribution is 5.97. The van der Waals surface area contributed by atoms with Crippen LogP contribution < -0.4 is 0 Å². The maximum atomic E-state index is 12.8. The second-order valence-electron chi connectivity index (χ2n) is 7.14. The van der Waals surface area contributed by atoms with Crippen LogP contribution in [0.3, 0.4) is 0 Å². The summed E-state index contributed by atoms with van der Waals surface area (Å²) < 4.78 is 5.36. The zero-order valence-electron chi connectivity index (χ0n) is 14.5. The first-order chi connectivity index (χ1) is 12.0. The number of aliphatic hydroxyl groups is 1. The minimum absolute atomic E-state index is 0.0351. The van der Waals surface area contributed by atoms with Crippen LogP contribution >= 0.6 is 0 Å². The quantitative estimate of drug-likeness (QED) is 0.860. The van der Waals surface area contributed by atoms with Gasteiger partial charge in [0.05, 0.1) is 36.4 Å². The molecule has 7 heteroatoms. The molecule has 2 aliphatic heterocycles. The Bertz CT molecular complexity index is 784.